The molecule has 0 spiro atoms. The average molecular weight is 268 g/mol. The van der Waals surface area contributed by atoms with Crippen LogP contribution in [0.3, 0.4) is 0 Å². The van der Waals surface area contributed by atoms with Crippen molar-refractivity contribution in [3.05, 3.63) is 28.8 Å². The standard InChI is InChI=1S/C14H22ClN3/c1-10-6-12(15)4-5-14(10)18-8-11(2)17(3)9-13(18)7-16/h4-6,11,13H,7-9,16H2,1-3H3. The molecule has 100 valence electrons. The summed E-state index contributed by atoms with van der Waals surface area (Å²) in [4.78, 5) is 4.80. The summed E-state index contributed by atoms with van der Waals surface area (Å²) in [5.74, 6) is 0. The zero-order valence-corrected chi connectivity index (χ0v) is 12.1. The number of benzene rings is 1. The Labute approximate surface area is 115 Å². The Balaban J connectivity index is 2.29. The molecule has 1 aromatic carbocycles. The van der Waals surface area contributed by atoms with Crippen LogP contribution in [0.25, 0.3) is 0 Å². The molecular weight excluding hydrogens is 246 g/mol. The summed E-state index contributed by atoms with van der Waals surface area (Å²) in [5.41, 5.74) is 8.40. The van der Waals surface area contributed by atoms with Gasteiger partial charge in [-0.05, 0) is 44.7 Å². The molecule has 3 nitrogen and oxygen atoms in total. The van der Waals surface area contributed by atoms with Crippen molar-refractivity contribution in [3.63, 3.8) is 0 Å². The molecule has 0 amide bonds. The number of nitrogens with zero attached hydrogens (tertiary/aromatic N) is 2. The van der Waals surface area contributed by atoms with Crippen molar-refractivity contribution in [1.82, 2.24) is 4.90 Å². The molecule has 1 fully saturated rings. The number of piperazine rings is 1. The molecule has 0 aromatic heterocycles. The van der Waals surface area contributed by atoms with Crippen molar-refractivity contribution in [3.8, 4) is 0 Å². The van der Waals surface area contributed by atoms with Gasteiger partial charge in [0, 0.05) is 36.4 Å². The lowest BCUT2D eigenvalue weighted by Crippen LogP contribution is -2.58. The number of halogens is 1. The number of hydrogen-bond acceptors (Lipinski definition) is 3. The van der Waals surface area contributed by atoms with Gasteiger partial charge >= 0.3 is 0 Å². The van der Waals surface area contributed by atoms with Crippen LogP contribution in [0.2, 0.25) is 5.02 Å². The number of hydrogen-bond donors (Lipinski definition) is 1. The summed E-state index contributed by atoms with van der Waals surface area (Å²) in [6.07, 6.45) is 0. The van der Waals surface area contributed by atoms with Gasteiger partial charge in [0.2, 0.25) is 0 Å². The minimum Gasteiger partial charge on any atom is -0.364 e. The molecule has 0 radical (unpaired) electrons. The Morgan fingerprint density at radius 2 is 2.11 bits per heavy atom. The van der Waals surface area contributed by atoms with Gasteiger partial charge in [-0.3, -0.25) is 4.90 Å². The molecule has 1 aliphatic rings. The molecule has 0 bridgehead atoms. The SMILES string of the molecule is Cc1cc(Cl)ccc1N1CC(C)N(C)CC1CN. The van der Waals surface area contributed by atoms with E-state index in [1.165, 1.54) is 11.3 Å². The average Bonchev–Trinajstić information content (AvgIpc) is 2.32. The van der Waals surface area contributed by atoms with Gasteiger partial charge in [0.1, 0.15) is 0 Å². The summed E-state index contributed by atoms with van der Waals surface area (Å²) in [6.45, 7) is 7.07. The summed E-state index contributed by atoms with van der Waals surface area (Å²) in [6, 6.07) is 7.01. The second kappa shape index (κ2) is 5.47. The Bertz CT molecular complexity index is 422. The van der Waals surface area contributed by atoms with E-state index in [1.807, 2.05) is 12.1 Å². The molecule has 2 atom stereocenters. The molecule has 4 heteroatoms. The van der Waals surface area contributed by atoms with Crippen LogP contribution in [0, 0.1) is 6.92 Å². The molecule has 2 unspecified atom stereocenters. The summed E-state index contributed by atoms with van der Waals surface area (Å²) >= 11 is 6.03. The second-order valence-corrected chi connectivity index (χ2v) is 5.70. The minimum atomic E-state index is 0.381. The van der Waals surface area contributed by atoms with Crippen LogP contribution >= 0.6 is 11.6 Å². The van der Waals surface area contributed by atoms with Crippen LogP contribution in [-0.2, 0) is 0 Å². The lowest BCUT2D eigenvalue weighted by molar-refractivity contribution is 0.202. The van der Waals surface area contributed by atoms with Crippen LogP contribution in [0.1, 0.15) is 12.5 Å². The van der Waals surface area contributed by atoms with Crippen LogP contribution in [0.4, 0.5) is 5.69 Å². The third-order valence-corrected chi connectivity index (χ3v) is 4.13. The molecule has 18 heavy (non-hydrogen) atoms. The van der Waals surface area contributed by atoms with E-state index in [1.54, 1.807) is 0 Å². The highest BCUT2D eigenvalue weighted by atomic mass is 35.5. The zero-order chi connectivity index (χ0) is 13.3. The van der Waals surface area contributed by atoms with Crippen LogP contribution in [0.15, 0.2) is 18.2 Å². The Morgan fingerprint density at radius 3 is 2.72 bits per heavy atom. The van der Waals surface area contributed by atoms with Crippen molar-refractivity contribution in [1.29, 1.82) is 0 Å². The maximum Gasteiger partial charge on any atom is 0.0540 e. The number of nitrogens with two attached hydrogens (primary N) is 1. The predicted octanol–water partition coefficient (Wildman–Crippen LogP) is 2.12. The van der Waals surface area contributed by atoms with Crippen LogP contribution < -0.4 is 10.6 Å². The maximum atomic E-state index is 6.03. The van der Waals surface area contributed by atoms with E-state index in [0.29, 0.717) is 18.6 Å². The lowest BCUT2D eigenvalue weighted by atomic mass is 10.0. The van der Waals surface area contributed by atoms with E-state index >= 15 is 0 Å². The quantitative estimate of drug-likeness (QED) is 0.891. The first-order chi connectivity index (χ1) is 8.52. The first kappa shape index (κ1) is 13.7. The Kier molecular flexibility index (Phi) is 4.15. The number of likely N-dealkylation sites (N-methyl/N-ethyl adjacent to an activating group) is 1. The van der Waals surface area contributed by atoms with E-state index in [0.717, 1.165) is 18.1 Å². The number of aryl methyl sites for hydroxylation is 1. The van der Waals surface area contributed by atoms with E-state index < -0.39 is 0 Å². The van der Waals surface area contributed by atoms with Crippen LogP contribution in [-0.4, -0.2) is 43.7 Å². The second-order valence-electron chi connectivity index (χ2n) is 5.26. The van der Waals surface area contributed by atoms with Gasteiger partial charge < -0.3 is 10.6 Å². The highest BCUT2D eigenvalue weighted by Gasteiger charge is 2.29. The smallest absolute Gasteiger partial charge is 0.0540 e. The first-order valence-corrected chi connectivity index (χ1v) is 6.83. The van der Waals surface area contributed by atoms with Crippen molar-refractivity contribution in [2.75, 3.05) is 31.6 Å². The minimum absolute atomic E-state index is 0.381. The van der Waals surface area contributed by atoms with E-state index in [2.05, 4.69) is 36.8 Å². The largest absolute Gasteiger partial charge is 0.364 e. The van der Waals surface area contributed by atoms with Crippen molar-refractivity contribution >= 4 is 17.3 Å². The maximum absolute atomic E-state index is 6.03. The van der Waals surface area contributed by atoms with Gasteiger partial charge in [0.15, 0.2) is 0 Å². The summed E-state index contributed by atoms with van der Waals surface area (Å²) < 4.78 is 0. The summed E-state index contributed by atoms with van der Waals surface area (Å²) in [5, 5.41) is 0.794. The summed E-state index contributed by atoms with van der Waals surface area (Å²) in [7, 11) is 2.17. The predicted molar refractivity (Wildman–Crippen MR) is 78.5 cm³/mol. The zero-order valence-electron chi connectivity index (χ0n) is 11.4. The molecule has 2 N–H and O–H groups in total. The van der Waals surface area contributed by atoms with Crippen LogP contribution in [0.5, 0.6) is 0 Å². The monoisotopic (exact) mass is 267 g/mol. The highest BCUT2D eigenvalue weighted by Crippen LogP contribution is 2.27. The molecule has 2 rings (SSSR count). The molecule has 0 aliphatic carbocycles. The van der Waals surface area contributed by atoms with Gasteiger partial charge in [0.25, 0.3) is 0 Å². The molecule has 1 aliphatic heterocycles. The van der Waals surface area contributed by atoms with E-state index in [4.69, 9.17) is 17.3 Å². The van der Waals surface area contributed by atoms with Gasteiger partial charge in [-0.15, -0.1) is 0 Å². The van der Waals surface area contributed by atoms with Gasteiger partial charge in [-0.1, -0.05) is 11.6 Å². The molecule has 1 heterocycles. The number of anilines is 1. The fourth-order valence-electron chi connectivity index (χ4n) is 2.62. The van der Waals surface area contributed by atoms with E-state index in [-0.39, 0.29) is 0 Å². The van der Waals surface area contributed by atoms with Crippen molar-refractivity contribution < 1.29 is 0 Å². The topological polar surface area (TPSA) is 32.5 Å². The van der Waals surface area contributed by atoms with Gasteiger partial charge in [-0.25, -0.2) is 0 Å². The molecular formula is C14H22ClN3. The lowest BCUT2D eigenvalue weighted by Gasteiger charge is -2.45. The fraction of sp³-hybridized carbons (Fsp3) is 0.571. The highest BCUT2D eigenvalue weighted by molar-refractivity contribution is 6.30. The number of rotatable bonds is 2. The fourth-order valence-corrected chi connectivity index (χ4v) is 2.85. The first-order valence-electron chi connectivity index (χ1n) is 6.46. The Hall–Kier alpha value is -0.770. The van der Waals surface area contributed by atoms with Gasteiger partial charge in [-0.2, -0.15) is 0 Å². The molecule has 1 aromatic rings. The third-order valence-electron chi connectivity index (χ3n) is 3.89. The van der Waals surface area contributed by atoms with Gasteiger partial charge in [0.05, 0.1) is 6.04 Å². The Morgan fingerprint density at radius 1 is 1.39 bits per heavy atom. The molecule has 1 saturated heterocycles. The third kappa shape index (κ3) is 2.63. The van der Waals surface area contributed by atoms with E-state index in [9.17, 15) is 0 Å². The normalized spacial score (nSPS) is 25.5. The van der Waals surface area contributed by atoms with Crippen molar-refractivity contribution in [2.24, 2.45) is 5.73 Å². The van der Waals surface area contributed by atoms with Crippen molar-refractivity contribution in [2.45, 2.75) is 25.9 Å². The molecule has 0 saturated carbocycles.